The summed E-state index contributed by atoms with van der Waals surface area (Å²) in [6, 6.07) is -0.696. The van der Waals surface area contributed by atoms with Gasteiger partial charge in [-0.05, 0) is 38.5 Å². The van der Waals surface area contributed by atoms with Crippen LogP contribution in [0.3, 0.4) is 0 Å². The van der Waals surface area contributed by atoms with Gasteiger partial charge in [0.2, 0.25) is 11.8 Å². The van der Waals surface area contributed by atoms with Gasteiger partial charge in [0.05, 0.1) is 17.9 Å². The SMILES string of the molecule is C=CCN(C(=O)C1N(CCCCO)C(=O)[C@@H]2[C@H](C(=O)O)[C@@H]3CCC12O3)C1CCCCC1. The molecule has 1 aliphatic carbocycles. The van der Waals surface area contributed by atoms with Crippen molar-refractivity contribution >= 4 is 17.8 Å². The van der Waals surface area contributed by atoms with Gasteiger partial charge < -0.3 is 24.7 Å². The number of aliphatic carboxylic acids is 1. The molecule has 1 spiro atoms. The van der Waals surface area contributed by atoms with Crippen LogP contribution < -0.4 is 0 Å². The molecular formula is C23H34N2O6. The van der Waals surface area contributed by atoms with Crippen LogP contribution in [0.4, 0.5) is 0 Å². The van der Waals surface area contributed by atoms with E-state index in [0.717, 1.165) is 25.7 Å². The number of likely N-dealkylation sites (tertiary alicyclic amines) is 1. The fraction of sp³-hybridized carbons (Fsp3) is 0.783. The molecule has 3 heterocycles. The minimum absolute atomic E-state index is 0.0101. The number of carbonyl (C=O) groups is 3. The molecule has 3 aliphatic heterocycles. The van der Waals surface area contributed by atoms with Crippen molar-refractivity contribution in [3.8, 4) is 0 Å². The minimum Gasteiger partial charge on any atom is -0.481 e. The molecule has 4 rings (SSSR count). The number of carboxylic acids is 1. The molecule has 1 saturated carbocycles. The zero-order valence-corrected chi connectivity index (χ0v) is 18.1. The van der Waals surface area contributed by atoms with E-state index >= 15 is 0 Å². The molecule has 4 aliphatic rings. The average Bonchev–Trinajstić information content (AvgIpc) is 3.40. The number of amides is 2. The Bertz CT molecular complexity index is 736. The number of aliphatic hydroxyl groups is 1. The third-order valence-electron chi connectivity index (χ3n) is 7.75. The maximum absolute atomic E-state index is 14.0. The Morgan fingerprint density at radius 2 is 1.97 bits per heavy atom. The van der Waals surface area contributed by atoms with Gasteiger partial charge in [0, 0.05) is 25.7 Å². The summed E-state index contributed by atoms with van der Waals surface area (Å²) in [5, 5.41) is 19.0. The van der Waals surface area contributed by atoms with Gasteiger partial charge in [0.25, 0.3) is 0 Å². The van der Waals surface area contributed by atoms with Crippen molar-refractivity contribution in [1.29, 1.82) is 0 Å². The summed E-state index contributed by atoms with van der Waals surface area (Å²) in [6.45, 7) is 4.57. The molecule has 0 aromatic carbocycles. The quantitative estimate of drug-likeness (QED) is 0.421. The Labute approximate surface area is 183 Å². The number of hydrogen-bond acceptors (Lipinski definition) is 5. The summed E-state index contributed by atoms with van der Waals surface area (Å²) in [6.07, 6.45) is 8.55. The Hall–Kier alpha value is -1.93. The molecule has 5 atom stereocenters. The second-order valence-corrected chi connectivity index (χ2v) is 9.43. The molecule has 0 aromatic heterocycles. The van der Waals surface area contributed by atoms with Crippen LogP contribution in [-0.2, 0) is 19.1 Å². The van der Waals surface area contributed by atoms with Crippen LogP contribution in [0.25, 0.3) is 0 Å². The third kappa shape index (κ3) is 3.57. The summed E-state index contributed by atoms with van der Waals surface area (Å²) in [5.74, 6) is -3.17. The smallest absolute Gasteiger partial charge is 0.310 e. The van der Waals surface area contributed by atoms with Crippen LogP contribution in [-0.4, -0.2) is 81.3 Å². The highest BCUT2D eigenvalue weighted by molar-refractivity contribution is 5.98. The van der Waals surface area contributed by atoms with Gasteiger partial charge in [-0.1, -0.05) is 25.3 Å². The van der Waals surface area contributed by atoms with Gasteiger partial charge in [-0.25, -0.2) is 0 Å². The molecule has 172 valence electrons. The van der Waals surface area contributed by atoms with Crippen molar-refractivity contribution in [3.63, 3.8) is 0 Å². The third-order valence-corrected chi connectivity index (χ3v) is 7.75. The summed E-state index contributed by atoms with van der Waals surface area (Å²) in [5.41, 5.74) is -1.06. The highest BCUT2D eigenvalue weighted by Gasteiger charge is 2.74. The van der Waals surface area contributed by atoms with E-state index < -0.39 is 35.6 Å². The number of ether oxygens (including phenoxy) is 1. The topological polar surface area (TPSA) is 107 Å². The van der Waals surface area contributed by atoms with E-state index in [1.54, 1.807) is 11.0 Å². The van der Waals surface area contributed by atoms with E-state index in [1.807, 2.05) is 4.90 Å². The molecule has 2 bridgehead atoms. The summed E-state index contributed by atoms with van der Waals surface area (Å²) < 4.78 is 6.25. The van der Waals surface area contributed by atoms with Crippen molar-refractivity contribution in [2.24, 2.45) is 11.8 Å². The van der Waals surface area contributed by atoms with Gasteiger partial charge in [-0.2, -0.15) is 0 Å². The maximum atomic E-state index is 14.0. The Morgan fingerprint density at radius 1 is 1.23 bits per heavy atom. The van der Waals surface area contributed by atoms with Crippen LogP contribution in [0.15, 0.2) is 12.7 Å². The van der Waals surface area contributed by atoms with Crippen LogP contribution >= 0.6 is 0 Å². The lowest BCUT2D eigenvalue weighted by Gasteiger charge is -2.40. The van der Waals surface area contributed by atoms with E-state index in [9.17, 15) is 24.6 Å². The standard InChI is InChI=1S/C23H34N2O6/c1-2-12-24(15-8-4-3-5-9-15)21(28)19-23-11-10-16(31-23)17(22(29)30)18(23)20(27)25(19)13-6-7-14-26/h2,15-19,26H,1,3-14H2,(H,29,30)/t16-,17+,18-,19?,23?/m0/s1. The minimum atomic E-state index is -1.06. The summed E-state index contributed by atoms with van der Waals surface area (Å²) in [7, 11) is 0. The first-order valence-corrected chi connectivity index (χ1v) is 11.7. The van der Waals surface area contributed by atoms with E-state index in [-0.39, 0.29) is 24.5 Å². The van der Waals surface area contributed by atoms with Crippen molar-refractivity contribution in [1.82, 2.24) is 9.80 Å². The van der Waals surface area contributed by atoms with Gasteiger partial charge in [-0.3, -0.25) is 14.4 Å². The number of aliphatic hydroxyl groups excluding tert-OH is 1. The zero-order valence-electron chi connectivity index (χ0n) is 18.1. The van der Waals surface area contributed by atoms with E-state index in [1.165, 1.54) is 6.42 Å². The second kappa shape index (κ2) is 8.90. The Kier molecular flexibility index (Phi) is 6.40. The number of carbonyl (C=O) groups excluding carboxylic acids is 2. The average molecular weight is 435 g/mol. The molecule has 2 amide bonds. The summed E-state index contributed by atoms with van der Waals surface area (Å²) >= 11 is 0. The molecule has 8 heteroatoms. The zero-order chi connectivity index (χ0) is 22.2. The molecule has 2 N–H and O–H groups in total. The number of hydrogen-bond donors (Lipinski definition) is 2. The first kappa shape index (κ1) is 22.3. The Morgan fingerprint density at radius 3 is 2.61 bits per heavy atom. The number of unbranched alkanes of at least 4 members (excludes halogenated alkanes) is 1. The monoisotopic (exact) mass is 434 g/mol. The fourth-order valence-corrected chi connectivity index (χ4v) is 6.46. The predicted molar refractivity (Wildman–Crippen MR) is 112 cm³/mol. The van der Waals surface area contributed by atoms with Gasteiger partial charge in [-0.15, -0.1) is 6.58 Å². The van der Waals surface area contributed by atoms with E-state index in [2.05, 4.69) is 6.58 Å². The van der Waals surface area contributed by atoms with Crippen molar-refractivity contribution < 1.29 is 29.3 Å². The lowest BCUT2D eigenvalue weighted by molar-refractivity contribution is -0.151. The number of rotatable bonds is 9. The number of carboxylic acid groups (broad SMARTS) is 1. The maximum Gasteiger partial charge on any atom is 0.310 e. The molecule has 3 saturated heterocycles. The second-order valence-electron chi connectivity index (χ2n) is 9.43. The fourth-order valence-electron chi connectivity index (χ4n) is 6.46. The molecular weight excluding hydrogens is 400 g/mol. The molecule has 0 radical (unpaired) electrons. The molecule has 8 nitrogen and oxygen atoms in total. The van der Waals surface area contributed by atoms with Crippen LogP contribution in [0.5, 0.6) is 0 Å². The van der Waals surface area contributed by atoms with Crippen LogP contribution in [0, 0.1) is 11.8 Å². The molecule has 0 aromatic rings. The normalized spacial score (nSPS) is 34.7. The highest BCUT2D eigenvalue weighted by atomic mass is 16.5. The van der Waals surface area contributed by atoms with Crippen molar-refractivity contribution in [2.45, 2.75) is 81.6 Å². The first-order chi connectivity index (χ1) is 15.0. The van der Waals surface area contributed by atoms with Gasteiger partial charge in [0.1, 0.15) is 11.6 Å². The lowest BCUT2D eigenvalue weighted by atomic mass is 9.70. The molecule has 2 unspecified atom stereocenters. The summed E-state index contributed by atoms with van der Waals surface area (Å²) in [4.78, 5) is 42.9. The molecule has 4 fully saturated rings. The van der Waals surface area contributed by atoms with Crippen LogP contribution in [0.2, 0.25) is 0 Å². The van der Waals surface area contributed by atoms with E-state index in [0.29, 0.717) is 38.8 Å². The predicted octanol–water partition coefficient (Wildman–Crippen LogP) is 1.57. The Balaban J connectivity index is 1.69. The molecule has 31 heavy (non-hydrogen) atoms. The lowest BCUT2D eigenvalue weighted by Crippen LogP contribution is -2.58. The largest absolute Gasteiger partial charge is 0.481 e. The number of fused-ring (bicyclic) bond motifs is 1. The van der Waals surface area contributed by atoms with E-state index in [4.69, 9.17) is 4.74 Å². The highest BCUT2D eigenvalue weighted by Crippen LogP contribution is 2.58. The van der Waals surface area contributed by atoms with Crippen LogP contribution in [0.1, 0.15) is 57.8 Å². The van der Waals surface area contributed by atoms with Gasteiger partial charge >= 0.3 is 5.97 Å². The van der Waals surface area contributed by atoms with Gasteiger partial charge in [0.15, 0.2) is 0 Å². The van der Waals surface area contributed by atoms with Crippen molar-refractivity contribution in [2.75, 3.05) is 19.7 Å². The van der Waals surface area contributed by atoms with Crippen molar-refractivity contribution in [3.05, 3.63) is 12.7 Å². The number of nitrogens with zero attached hydrogens (tertiary/aromatic N) is 2. The first-order valence-electron chi connectivity index (χ1n) is 11.7.